The predicted molar refractivity (Wildman–Crippen MR) is 79.6 cm³/mol. The third-order valence-corrected chi connectivity index (χ3v) is 5.30. The number of carbonyl (C=O) groups is 1. The van der Waals surface area contributed by atoms with Gasteiger partial charge in [0.2, 0.25) is 11.0 Å². The number of amides is 1. The van der Waals surface area contributed by atoms with E-state index in [4.69, 9.17) is 4.74 Å². The zero-order chi connectivity index (χ0) is 14.2. The molecule has 0 N–H and O–H groups in total. The van der Waals surface area contributed by atoms with Crippen molar-refractivity contribution < 1.29 is 9.53 Å². The molecule has 0 spiro atoms. The molecule has 4 rings (SSSR count). The Hall–Kier alpha value is -1.21. The molecule has 1 unspecified atom stereocenters. The van der Waals surface area contributed by atoms with Crippen LogP contribution in [0.2, 0.25) is 0 Å². The van der Waals surface area contributed by atoms with Gasteiger partial charge in [-0.1, -0.05) is 0 Å². The number of carbonyl (C=O) groups excluding carboxylic acids is 1. The second-order valence-corrected chi connectivity index (χ2v) is 6.81. The zero-order valence-corrected chi connectivity index (χ0v) is 12.8. The van der Waals surface area contributed by atoms with E-state index in [1.807, 2.05) is 4.90 Å². The molecule has 1 aliphatic carbocycles. The lowest BCUT2D eigenvalue weighted by Crippen LogP contribution is -2.44. The maximum atomic E-state index is 12.5. The van der Waals surface area contributed by atoms with E-state index in [1.54, 1.807) is 0 Å². The largest absolute Gasteiger partial charge is 0.378 e. The molecule has 3 aliphatic rings. The molecule has 0 aromatic carbocycles. The Kier molecular flexibility index (Phi) is 3.54. The molecule has 1 atom stereocenters. The van der Waals surface area contributed by atoms with Gasteiger partial charge in [0.05, 0.1) is 19.1 Å². The number of hydrogen-bond donors (Lipinski definition) is 0. The molecule has 0 radical (unpaired) electrons. The first-order valence-corrected chi connectivity index (χ1v) is 8.53. The quantitative estimate of drug-likeness (QED) is 0.837. The van der Waals surface area contributed by atoms with Crippen LogP contribution in [0.5, 0.6) is 0 Å². The molecule has 3 heterocycles. The molecule has 7 heteroatoms. The molecule has 21 heavy (non-hydrogen) atoms. The van der Waals surface area contributed by atoms with Crippen molar-refractivity contribution in [1.82, 2.24) is 14.3 Å². The van der Waals surface area contributed by atoms with Crippen molar-refractivity contribution in [2.45, 2.75) is 25.2 Å². The van der Waals surface area contributed by atoms with Gasteiger partial charge < -0.3 is 14.5 Å². The molecule has 2 aliphatic heterocycles. The van der Waals surface area contributed by atoms with E-state index in [0.717, 1.165) is 43.6 Å². The van der Waals surface area contributed by atoms with Crippen molar-refractivity contribution in [3.8, 4) is 0 Å². The lowest BCUT2D eigenvalue weighted by atomic mass is 10.1. The number of morpholine rings is 1. The van der Waals surface area contributed by atoms with Gasteiger partial charge in [0.25, 0.3) is 0 Å². The topological polar surface area (TPSA) is 58.6 Å². The van der Waals surface area contributed by atoms with Crippen LogP contribution >= 0.6 is 11.5 Å². The third kappa shape index (κ3) is 2.76. The minimum atomic E-state index is 0.108. The van der Waals surface area contributed by atoms with E-state index < -0.39 is 0 Å². The highest BCUT2D eigenvalue weighted by molar-refractivity contribution is 7.09. The van der Waals surface area contributed by atoms with Gasteiger partial charge >= 0.3 is 0 Å². The van der Waals surface area contributed by atoms with Crippen LogP contribution in [0.15, 0.2) is 0 Å². The van der Waals surface area contributed by atoms with Crippen LogP contribution < -0.4 is 4.90 Å². The second-order valence-electron chi connectivity index (χ2n) is 6.08. The van der Waals surface area contributed by atoms with E-state index in [0.29, 0.717) is 19.1 Å². The average molecular weight is 308 g/mol. The third-order valence-electron chi connectivity index (χ3n) is 4.50. The zero-order valence-electron chi connectivity index (χ0n) is 12.0. The average Bonchev–Trinajstić information content (AvgIpc) is 3.07. The van der Waals surface area contributed by atoms with Gasteiger partial charge in [-0.05, 0) is 19.3 Å². The Balaban J connectivity index is 1.38. The molecule has 1 aromatic rings. The first kappa shape index (κ1) is 13.5. The maximum Gasteiger partial charge on any atom is 0.227 e. The van der Waals surface area contributed by atoms with Crippen LogP contribution in [-0.2, 0) is 9.53 Å². The number of nitrogens with zero attached hydrogens (tertiary/aromatic N) is 4. The van der Waals surface area contributed by atoms with Gasteiger partial charge in [0, 0.05) is 43.6 Å². The molecular weight excluding hydrogens is 288 g/mol. The smallest absolute Gasteiger partial charge is 0.227 e. The second kappa shape index (κ2) is 5.53. The molecule has 0 bridgehead atoms. The van der Waals surface area contributed by atoms with Crippen molar-refractivity contribution in [3.05, 3.63) is 5.82 Å². The van der Waals surface area contributed by atoms with Crippen LogP contribution in [0.1, 0.15) is 31.0 Å². The van der Waals surface area contributed by atoms with Crippen LogP contribution in [0, 0.1) is 5.92 Å². The Bertz CT molecular complexity index is 525. The van der Waals surface area contributed by atoms with E-state index in [9.17, 15) is 4.79 Å². The first-order valence-electron chi connectivity index (χ1n) is 7.76. The summed E-state index contributed by atoms with van der Waals surface area (Å²) in [7, 11) is 0. The van der Waals surface area contributed by atoms with Gasteiger partial charge in [0.1, 0.15) is 5.82 Å². The number of hydrogen-bond acceptors (Lipinski definition) is 6. The van der Waals surface area contributed by atoms with Crippen LogP contribution in [0.25, 0.3) is 0 Å². The molecule has 1 amide bonds. The summed E-state index contributed by atoms with van der Waals surface area (Å²) in [4.78, 5) is 21.3. The van der Waals surface area contributed by atoms with Gasteiger partial charge in [-0.3, -0.25) is 4.79 Å². The van der Waals surface area contributed by atoms with Gasteiger partial charge in [0.15, 0.2) is 0 Å². The van der Waals surface area contributed by atoms with E-state index in [1.165, 1.54) is 24.4 Å². The SMILES string of the molecule is O=C(C1CCN(c2nc(C3CC3)ns2)C1)N1CCOCC1. The Labute approximate surface area is 128 Å². The monoisotopic (exact) mass is 308 g/mol. The summed E-state index contributed by atoms with van der Waals surface area (Å²) in [5, 5.41) is 0.995. The predicted octanol–water partition coefficient (Wildman–Crippen LogP) is 1.10. The lowest BCUT2D eigenvalue weighted by Gasteiger charge is -2.29. The lowest BCUT2D eigenvalue weighted by molar-refractivity contribution is -0.138. The molecular formula is C14H20N4O2S. The fourth-order valence-corrected chi connectivity index (χ4v) is 3.82. The summed E-state index contributed by atoms with van der Waals surface area (Å²) in [5.74, 6) is 2.01. The van der Waals surface area contributed by atoms with Crippen LogP contribution in [-0.4, -0.2) is 59.6 Å². The van der Waals surface area contributed by atoms with E-state index in [-0.39, 0.29) is 11.8 Å². The molecule has 1 saturated carbocycles. The summed E-state index contributed by atoms with van der Waals surface area (Å²) in [5.41, 5.74) is 0. The summed E-state index contributed by atoms with van der Waals surface area (Å²) in [6.45, 7) is 4.52. The number of rotatable bonds is 3. The highest BCUT2D eigenvalue weighted by atomic mass is 32.1. The first-order chi connectivity index (χ1) is 10.3. The van der Waals surface area contributed by atoms with Crippen LogP contribution in [0.4, 0.5) is 5.13 Å². The minimum Gasteiger partial charge on any atom is -0.378 e. The molecule has 3 fully saturated rings. The summed E-state index contributed by atoms with van der Waals surface area (Å²) in [6.07, 6.45) is 3.39. The van der Waals surface area contributed by atoms with E-state index in [2.05, 4.69) is 14.3 Å². The van der Waals surface area contributed by atoms with Crippen molar-refractivity contribution >= 4 is 22.6 Å². The number of ether oxygens (including phenoxy) is 1. The van der Waals surface area contributed by atoms with Crippen LogP contribution in [0.3, 0.4) is 0 Å². The van der Waals surface area contributed by atoms with Crippen molar-refractivity contribution in [3.63, 3.8) is 0 Å². The molecule has 114 valence electrons. The molecule has 2 saturated heterocycles. The summed E-state index contributed by atoms with van der Waals surface area (Å²) in [6, 6.07) is 0. The van der Waals surface area contributed by atoms with Crippen molar-refractivity contribution in [1.29, 1.82) is 0 Å². The minimum absolute atomic E-state index is 0.108. The molecule has 1 aromatic heterocycles. The van der Waals surface area contributed by atoms with Crippen molar-refractivity contribution in [2.24, 2.45) is 5.92 Å². The highest BCUT2D eigenvalue weighted by Crippen LogP contribution is 2.40. The van der Waals surface area contributed by atoms with Crippen molar-refractivity contribution in [2.75, 3.05) is 44.3 Å². The summed E-state index contributed by atoms with van der Waals surface area (Å²) < 4.78 is 9.77. The van der Waals surface area contributed by atoms with E-state index >= 15 is 0 Å². The van der Waals surface area contributed by atoms with Gasteiger partial charge in [-0.25, -0.2) is 4.98 Å². The standard InChI is InChI=1S/C14H20N4O2S/c19-13(17-5-7-20-8-6-17)11-3-4-18(9-11)14-15-12(16-21-14)10-1-2-10/h10-11H,1-9H2. The Morgan fingerprint density at radius 1 is 1.19 bits per heavy atom. The fraction of sp³-hybridized carbons (Fsp3) is 0.786. The number of aromatic nitrogens is 2. The number of anilines is 1. The molecule has 6 nitrogen and oxygen atoms in total. The highest BCUT2D eigenvalue weighted by Gasteiger charge is 2.34. The maximum absolute atomic E-state index is 12.5. The van der Waals surface area contributed by atoms with Gasteiger partial charge in [-0.15, -0.1) is 0 Å². The Morgan fingerprint density at radius 3 is 2.76 bits per heavy atom. The Morgan fingerprint density at radius 2 is 2.00 bits per heavy atom. The fourth-order valence-electron chi connectivity index (χ4n) is 3.04. The summed E-state index contributed by atoms with van der Waals surface area (Å²) >= 11 is 1.48. The normalized spacial score (nSPS) is 26.4. The van der Waals surface area contributed by atoms with Gasteiger partial charge in [-0.2, -0.15) is 4.37 Å².